The van der Waals surface area contributed by atoms with Crippen molar-refractivity contribution in [3.8, 4) is 12.3 Å². The highest BCUT2D eigenvalue weighted by molar-refractivity contribution is 9.10. The van der Waals surface area contributed by atoms with Crippen molar-refractivity contribution in [1.29, 1.82) is 0 Å². The number of halogens is 1. The standard InChI is InChI=1S/C13H14BrNO4S/c1-4-6-15(5-2)20(18,19)11-8-10(13(16)17)7-9(3)12(11)14/h1,7-8H,5-6H2,2-3H3,(H,16,17). The van der Waals surface area contributed by atoms with Gasteiger partial charge in [0.15, 0.2) is 0 Å². The van der Waals surface area contributed by atoms with Gasteiger partial charge < -0.3 is 5.11 Å². The molecule has 0 saturated heterocycles. The molecule has 0 aliphatic carbocycles. The topological polar surface area (TPSA) is 74.7 Å². The molecule has 0 heterocycles. The van der Waals surface area contributed by atoms with Crippen LogP contribution in [0.25, 0.3) is 0 Å². The SMILES string of the molecule is C#CCN(CC)S(=O)(=O)c1cc(C(=O)O)cc(C)c1Br. The first-order chi connectivity index (χ1) is 9.25. The maximum absolute atomic E-state index is 12.5. The molecule has 0 atom stereocenters. The zero-order valence-corrected chi connectivity index (χ0v) is 13.5. The van der Waals surface area contributed by atoms with Crippen molar-refractivity contribution in [2.24, 2.45) is 0 Å². The monoisotopic (exact) mass is 359 g/mol. The molecule has 0 spiro atoms. The van der Waals surface area contributed by atoms with Crippen LogP contribution in [0.15, 0.2) is 21.5 Å². The lowest BCUT2D eigenvalue weighted by Crippen LogP contribution is -2.31. The van der Waals surface area contributed by atoms with E-state index in [1.807, 2.05) is 0 Å². The quantitative estimate of drug-likeness (QED) is 0.816. The van der Waals surface area contributed by atoms with E-state index in [4.69, 9.17) is 11.5 Å². The van der Waals surface area contributed by atoms with Crippen LogP contribution in [-0.4, -0.2) is 36.9 Å². The minimum absolute atomic E-state index is 0.0678. The van der Waals surface area contributed by atoms with Gasteiger partial charge >= 0.3 is 5.97 Å². The third kappa shape index (κ3) is 3.20. The van der Waals surface area contributed by atoms with E-state index in [2.05, 4.69) is 21.9 Å². The van der Waals surface area contributed by atoms with Crippen molar-refractivity contribution in [1.82, 2.24) is 4.31 Å². The number of carbonyl (C=O) groups is 1. The van der Waals surface area contributed by atoms with Crippen LogP contribution < -0.4 is 0 Å². The molecule has 7 heteroatoms. The van der Waals surface area contributed by atoms with Gasteiger partial charge in [-0.1, -0.05) is 12.8 Å². The largest absolute Gasteiger partial charge is 0.478 e. The fraction of sp³-hybridized carbons (Fsp3) is 0.308. The molecule has 0 aliphatic rings. The summed E-state index contributed by atoms with van der Waals surface area (Å²) in [6.07, 6.45) is 5.16. The van der Waals surface area contributed by atoms with Crippen LogP contribution in [0.5, 0.6) is 0 Å². The Morgan fingerprint density at radius 3 is 2.55 bits per heavy atom. The molecule has 1 rings (SSSR count). The normalized spacial score (nSPS) is 11.3. The van der Waals surface area contributed by atoms with E-state index >= 15 is 0 Å². The molecule has 0 bridgehead atoms. The second-order valence-corrected chi connectivity index (χ2v) is 6.75. The lowest BCUT2D eigenvalue weighted by Gasteiger charge is -2.19. The van der Waals surface area contributed by atoms with Gasteiger partial charge in [0.1, 0.15) is 0 Å². The van der Waals surface area contributed by atoms with E-state index in [1.165, 1.54) is 6.07 Å². The Balaban J connectivity index is 3.53. The van der Waals surface area contributed by atoms with Gasteiger partial charge in [-0.3, -0.25) is 0 Å². The Morgan fingerprint density at radius 1 is 1.50 bits per heavy atom. The molecular formula is C13H14BrNO4S. The lowest BCUT2D eigenvalue weighted by atomic mass is 10.1. The summed E-state index contributed by atoms with van der Waals surface area (Å²) in [5, 5.41) is 9.03. The number of rotatable bonds is 5. The van der Waals surface area contributed by atoms with E-state index in [9.17, 15) is 13.2 Å². The van der Waals surface area contributed by atoms with Crippen molar-refractivity contribution >= 4 is 31.9 Å². The maximum atomic E-state index is 12.5. The fourth-order valence-corrected chi connectivity index (χ4v) is 4.02. The highest BCUT2D eigenvalue weighted by Crippen LogP contribution is 2.29. The van der Waals surface area contributed by atoms with Crippen molar-refractivity contribution < 1.29 is 18.3 Å². The minimum atomic E-state index is -3.84. The van der Waals surface area contributed by atoms with E-state index in [0.717, 1.165) is 10.4 Å². The van der Waals surface area contributed by atoms with Gasteiger partial charge in [-0.15, -0.1) is 6.42 Å². The summed E-state index contributed by atoms with van der Waals surface area (Å²) >= 11 is 3.20. The zero-order chi connectivity index (χ0) is 15.5. The van der Waals surface area contributed by atoms with Gasteiger partial charge in [0.25, 0.3) is 0 Å². The van der Waals surface area contributed by atoms with Crippen molar-refractivity contribution in [2.45, 2.75) is 18.7 Å². The Hall–Kier alpha value is -1.36. The number of benzene rings is 1. The molecule has 1 aromatic carbocycles. The van der Waals surface area contributed by atoms with Gasteiger partial charge in [0.2, 0.25) is 10.0 Å². The molecule has 1 aromatic rings. The third-order valence-corrected chi connectivity index (χ3v) is 5.97. The number of sulfonamides is 1. The first-order valence-corrected chi connectivity index (χ1v) is 7.96. The molecule has 108 valence electrons. The Kier molecular flexibility index (Phi) is 5.34. The first-order valence-electron chi connectivity index (χ1n) is 5.72. The van der Waals surface area contributed by atoms with Gasteiger partial charge in [0.05, 0.1) is 17.0 Å². The van der Waals surface area contributed by atoms with Gasteiger partial charge in [-0.2, -0.15) is 4.31 Å². The summed E-state index contributed by atoms with van der Waals surface area (Å²) in [5.74, 6) is 1.10. The summed E-state index contributed by atoms with van der Waals surface area (Å²) in [5.41, 5.74) is 0.446. The van der Waals surface area contributed by atoms with Crippen LogP contribution in [0.4, 0.5) is 0 Å². The number of carboxylic acids is 1. The van der Waals surface area contributed by atoms with Crippen molar-refractivity contribution in [3.05, 3.63) is 27.7 Å². The summed E-state index contributed by atoms with van der Waals surface area (Å²) in [7, 11) is -3.84. The summed E-state index contributed by atoms with van der Waals surface area (Å²) < 4.78 is 26.5. The highest BCUT2D eigenvalue weighted by Gasteiger charge is 2.27. The number of hydrogen-bond acceptors (Lipinski definition) is 3. The number of hydrogen-bond donors (Lipinski definition) is 1. The lowest BCUT2D eigenvalue weighted by molar-refractivity contribution is 0.0696. The Labute approximate surface area is 126 Å². The summed E-state index contributed by atoms with van der Waals surface area (Å²) in [4.78, 5) is 11.0. The second kappa shape index (κ2) is 6.39. The third-order valence-electron chi connectivity index (χ3n) is 2.71. The Bertz CT molecular complexity index is 676. The average Bonchev–Trinajstić information content (AvgIpc) is 2.38. The smallest absolute Gasteiger partial charge is 0.335 e. The van der Waals surface area contributed by atoms with Gasteiger partial charge in [0, 0.05) is 11.0 Å². The molecule has 1 N–H and O–H groups in total. The van der Waals surface area contributed by atoms with Crippen LogP contribution in [0.2, 0.25) is 0 Å². The van der Waals surface area contributed by atoms with Crippen LogP contribution >= 0.6 is 15.9 Å². The van der Waals surface area contributed by atoms with Crippen LogP contribution in [-0.2, 0) is 10.0 Å². The van der Waals surface area contributed by atoms with Crippen molar-refractivity contribution in [2.75, 3.05) is 13.1 Å². The predicted octanol–water partition coefficient (Wildman–Crippen LogP) is 2.10. The molecule has 0 unspecified atom stereocenters. The van der Waals surface area contributed by atoms with Gasteiger partial charge in [-0.05, 0) is 40.5 Å². The predicted molar refractivity (Wildman–Crippen MR) is 79.1 cm³/mol. The minimum Gasteiger partial charge on any atom is -0.478 e. The van der Waals surface area contributed by atoms with Gasteiger partial charge in [-0.25, -0.2) is 13.2 Å². The first kappa shape index (κ1) is 16.7. The van der Waals surface area contributed by atoms with Crippen LogP contribution in [0.1, 0.15) is 22.8 Å². The molecule has 0 aliphatic heterocycles. The molecule has 0 saturated carbocycles. The molecule has 0 aromatic heterocycles. The zero-order valence-electron chi connectivity index (χ0n) is 11.1. The number of aryl methyl sites for hydroxylation is 1. The molecule has 5 nitrogen and oxygen atoms in total. The summed E-state index contributed by atoms with van der Waals surface area (Å²) in [6.45, 7) is 3.43. The molecular weight excluding hydrogens is 346 g/mol. The van der Waals surface area contributed by atoms with Crippen molar-refractivity contribution in [3.63, 3.8) is 0 Å². The second-order valence-electron chi connectivity index (χ2n) is 4.05. The van der Waals surface area contributed by atoms with E-state index in [-0.39, 0.29) is 23.5 Å². The van der Waals surface area contributed by atoms with E-state index in [1.54, 1.807) is 13.8 Å². The number of carboxylic acid groups (broad SMARTS) is 1. The highest BCUT2D eigenvalue weighted by atomic mass is 79.9. The summed E-state index contributed by atoms with van der Waals surface area (Å²) in [6, 6.07) is 2.54. The average molecular weight is 360 g/mol. The molecule has 20 heavy (non-hydrogen) atoms. The number of terminal acetylenes is 1. The van der Waals surface area contributed by atoms with E-state index in [0.29, 0.717) is 10.0 Å². The van der Waals surface area contributed by atoms with E-state index < -0.39 is 16.0 Å². The molecule has 0 fully saturated rings. The maximum Gasteiger partial charge on any atom is 0.335 e. The fourth-order valence-electron chi connectivity index (χ4n) is 1.66. The Morgan fingerprint density at radius 2 is 2.10 bits per heavy atom. The van der Waals surface area contributed by atoms with Crippen LogP contribution in [0.3, 0.4) is 0 Å². The number of nitrogens with zero attached hydrogens (tertiary/aromatic N) is 1. The molecule has 0 radical (unpaired) electrons. The molecule has 0 amide bonds. The van der Waals surface area contributed by atoms with Crippen LogP contribution in [0, 0.1) is 19.3 Å². The number of aromatic carboxylic acids is 1.